The second-order valence-electron chi connectivity index (χ2n) is 12.4. The minimum Gasteiger partial charge on any atom is -0.316 e. The van der Waals surface area contributed by atoms with Gasteiger partial charge in [-0.15, -0.1) is 24.6 Å². The minimum atomic E-state index is -0.323. The zero-order chi connectivity index (χ0) is 33.7. The molecule has 4 rings (SSSR count). The van der Waals surface area contributed by atoms with E-state index in [9.17, 15) is 0 Å². The summed E-state index contributed by atoms with van der Waals surface area (Å²) >= 11 is 3.99. The molecular weight excluding hydrogens is 635 g/mol. The molecule has 0 aliphatic rings. The fourth-order valence-electron chi connectivity index (χ4n) is 4.34. The molecule has 0 unspecified atom stereocenters. The smallest absolute Gasteiger partial charge is 0.0426 e. The Labute approximate surface area is 292 Å². The van der Waals surface area contributed by atoms with Crippen molar-refractivity contribution in [3.05, 3.63) is 121 Å². The standard InChI is InChI=1S/C20H28NPS.C18H24NPS.C2H2/c1-20(2,3)23-17-15-21-14-16-22(18-10-6-4-7-11-18)19-12-8-5-9-13-19;1-18(2,3)21-15-19-14-20(16-10-6-4-7-11-16)17-12-8-5-9-13-17;1-2/h4-13,21H,14-17H2,1-3H3;4-13,19H,14-15H2,1-3H3;1-2H. The van der Waals surface area contributed by atoms with Gasteiger partial charge >= 0.3 is 0 Å². The van der Waals surface area contributed by atoms with Crippen LogP contribution in [0.15, 0.2) is 121 Å². The van der Waals surface area contributed by atoms with Crippen LogP contribution in [0.4, 0.5) is 0 Å². The van der Waals surface area contributed by atoms with Gasteiger partial charge in [-0.3, -0.25) is 0 Å². The predicted octanol–water partition coefficient (Wildman–Crippen LogP) is 8.65. The highest BCUT2D eigenvalue weighted by atomic mass is 32.2. The molecule has 0 bridgehead atoms. The van der Waals surface area contributed by atoms with Crippen LogP contribution in [-0.2, 0) is 0 Å². The van der Waals surface area contributed by atoms with Crippen molar-refractivity contribution in [3.63, 3.8) is 0 Å². The number of terminal acetylenes is 1. The van der Waals surface area contributed by atoms with Crippen LogP contribution in [-0.4, -0.2) is 46.7 Å². The summed E-state index contributed by atoms with van der Waals surface area (Å²) in [4.78, 5) is 0. The molecule has 4 aromatic rings. The highest BCUT2D eigenvalue weighted by Gasteiger charge is 2.15. The molecule has 0 aliphatic heterocycles. The molecule has 0 aliphatic carbocycles. The molecule has 0 spiro atoms. The molecule has 0 saturated carbocycles. The Kier molecular flexibility index (Phi) is 19.6. The van der Waals surface area contributed by atoms with Crippen molar-refractivity contribution in [2.75, 3.05) is 37.2 Å². The number of hydrogen-bond donors (Lipinski definition) is 2. The number of hydrogen-bond acceptors (Lipinski definition) is 4. The van der Waals surface area contributed by atoms with Gasteiger partial charge in [0.2, 0.25) is 0 Å². The van der Waals surface area contributed by atoms with E-state index in [1.807, 2.05) is 23.5 Å². The lowest BCUT2D eigenvalue weighted by Gasteiger charge is -2.22. The number of benzene rings is 4. The summed E-state index contributed by atoms with van der Waals surface area (Å²) in [7, 11) is -0.586. The molecule has 0 atom stereocenters. The quantitative estimate of drug-likeness (QED) is 0.0600. The average molecular weight is 689 g/mol. The molecular formula is C40H54N2P2S2. The summed E-state index contributed by atoms with van der Waals surface area (Å²) in [6.45, 7) is 15.8. The Bertz CT molecular complexity index is 1240. The van der Waals surface area contributed by atoms with E-state index in [0.717, 1.165) is 25.3 Å². The number of rotatable bonds is 14. The van der Waals surface area contributed by atoms with Crippen molar-refractivity contribution in [2.45, 2.75) is 51.0 Å². The Hall–Kier alpha value is -2.08. The van der Waals surface area contributed by atoms with Crippen molar-refractivity contribution in [3.8, 4) is 12.8 Å². The van der Waals surface area contributed by atoms with Crippen molar-refractivity contribution >= 4 is 60.6 Å². The summed E-state index contributed by atoms with van der Waals surface area (Å²) in [5, 5.41) is 13.1. The van der Waals surface area contributed by atoms with E-state index in [-0.39, 0.29) is 15.8 Å². The second kappa shape index (κ2) is 22.5. The predicted molar refractivity (Wildman–Crippen MR) is 218 cm³/mol. The fourth-order valence-corrected chi connectivity index (χ4v) is 10.3. The molecule has 2 nitrogen and oxygen atoms in total. The maximum Gasteiger partial charge on any atom is 0.0426 e. The average Bonchev–Trinajstić information content (AvgIpc) is 3.06. The van der Waals surface area contributed by atoms with Gasteiger partial charge in [-0.05, 0) is 49.8 Å². The third kappa shape index (κ3) is 17.2. The van der Waals surface area contributed by atoms with Crippen LogP contribution in [0.25, 0.3) is 0 Å². The lowest BCUT2D eigenvalue weighted by Crippen LogP contribution is -2.25. The van der Waals surface area contributed by atoms with E-state index in [0.29, 0.717) is 9.49 Å². The SMILES string of the molecule is C#C.CC(C)(C)SCCNCCP(c1ccccc1)c1ccccc1.CC(C)(C)SCNCP(c1ccccc1)c1ccccc1. The van der Waals surface area contributed by atoms with Crippen LogP contribution < -0.4 is 31.9 Å². The normalized spacial score (nSPS) is 11.3. The molecule has 0 radical (unpaired) electrons. The summed E-state index contributed by atoms with van der Waals surface area (Å²) < 4.78 is 0.678. The Morgan fingerprint density at radius 1 is 0.500 bits per heavy atom. The van der Waals surface area contributed by atoms with Gasteiger partial charge in [-0.25, -0.2) is 0 Å². The van der Waals surface area contributed by atoms with Gasteiger partial charge in [0.1, 0.15) is 0 Å². The van der Waals surface area contributed by atoms with Crippen molar-refractivity contribution in [2.24, 2.45) is 0 Å². The van der Waals surface area contributed by atoms with Crippen LogP contribution in [0, 0.1) is 12.8 Å². The molecule has 246 valence electrons. The Morgan fingerprint density at radius 2 is 0.870 bits per heavy atom. The third-order valence-corrected chi connectivity index (χ3v) is 13.9. The zero-order valence-corrected chi connectivity index (χ0v) is 32.1. The van der Waals surface area contributed by atoms with Crippen LogP contribution in [0.5, 0.6) is 0 Å². The van der Waals surface area contributed by atoms with Gasteiger partial charge in [0.15, 0.2) is 0 Å². The van der Waals surface area contributed by atoms with Gasteiger partial charge < -0.3 is 10.6 Å². The maximum absolute atomic E-state index is 4.00. The summed E-state index contributed by atoms with van der Waals surface area (Å²) in [5.41, 5.74) is 0. The van der Waals surface area contributed by atoms with E-state index in [2.05, 4.69) is 186 Å². The Balaban J connectivity index is 0.000000305. The highest BCUT2D eigenvalue weighted by molar-refractivity contribution is 8.00. The molecule has 0 heterocycles. The first-order valence-electron chi connectivity index (χ1n) is 15.9. The lowest BCUT2D eigenvalue weighted by molar-refractivity contribution is 0.759. The van der Waals surface area contributed by atoms with E-state index >= 15 is 0 Å². The lowest BCUT2D eigenvalue weighted by atomic mass is 10.3. The van der Waals surface area contributed by atoms with E-state index < -0.39 is 0 Å². The molecule has 4 aromatic carbocycles. The van der Waals surface area contributed by atoms with Gasteiger partial charge in [0.25, 0.3) is 0 Å². The first-order chi connectivity index (χ1) is 22.1. The minimum absolute atomic E-state index is 0.264. The first kappa shape index (κ1) is 40.1. The Morgan fingerprint density at radius 3 is 1.24 bits per heavy atom. The molecule has 2 N–H and O–H groups in total. The molecule has 6 heteroatoms. The number of nitrogens with one attached hydrogen (secondary N) is 2. The monoisotopic (exact) mass is 688 g/mol. The summed E-state index contributed by atoms with van der Waals surface area (Å²) in [6.07, 6.45) is 10.2. The summed E-state index contributed by atoms with van der Waals surface area (Å²) in [6, 6.07) is 43.6. The highest BCUT2D eigenvalue weighted by Crippen LogP contribution is 2.33. The van der Waals surface area contributed by atoms with Crippen LogP contribution in [0.2, 0.25) is 0 Å². The fraction of sp³-hybridized carbons (Fsp3) is 0.350. The van der Waals surface area contributed by atoms with Crippen molar-refractivity contribution in [1.29, 1.82) is 0 Å². The van der Waals surface area contributed by atoms with E-state index in [1.165, 1.54) is 33.1 Å². The zero-order valence-electron chi connectivity index (χ0n) is 28.7. The second-order valence-corrected chi connectivity index (χ2v) is 20.7. The van der Waals surface area contributed by atoms with Gasteiger partial charge in [0.05, 0.1) is 0 Å². The van der Waals surface area contributed by atoms with Crippen LogP contribution in [0.1, 0.15) is 41.5 Å². The van der Waals surface area contributed by atoms with Crippen LogP contribution in [0.3, 0.4) is 0 Å². The molecule has 0 saturated heterocycles. The van der Waals surface area contributed by atoms with Crippen molar-refractivity contribution < 1.29 is 0 Å². The molecule has 0 fully saturated rings. The molecule has 0 aromatic heterocycles. The largest absolute Gasteiger partial charge is 0.316 e. The van der Waals surface area contributed by atoms with Gasteiger partial charge in [-0.2, -0.15) is 11.8 Å². The molecule has 46 heavy (non-hydrogen) atoms. The maximum atomic E-state index is 4.00. The van der Waals surface area contributed by atoms with Gasteiger partial charge in [0, 0.05) is 34.0 Å². The van der Waals surface area contributed by atoms with E-state index in [1.54, 1.807) is 0 Å². The first-order valence-corrected chi connectivity index (χ1v) is 20.9. The van der Waals surface area contributed by atoms with Crippen molar-refractivity contribution in [1.82, 2.24) is 10.6 Å². The third-order valence-electron chi connectivity index (χ3n) is 6.47. The van der Waals surface area contributed by atoms with Gasteiger partial charge in [-0.1, -0.05) is 163 Å². The topological polar surface area (TPSA) is 24.1 Å². The van der Waals surface area contributed by atoms with Crippen LogP contribution >= 0.6 is 39.4 Å². The molecule has 0 amide bonds. The number of thioether (sulfide) groups is 2. The van der Waals surface area contributed by atoms with E-state index in [4.69, 9.17) is 0 Å². The summed E-state index contributed by atoms with van der Waals surface area (Å²) in [5.74, 6) is 2.18.